The van der Waals surface area contributed by atoms with E-state index in [4.69, 9.17) is 14.9 Å². The Morgan fingerprint density at radius 3 is 2.60 bits per heavy atom. The maximum absolute atomic E-state index is 10.6. The number of carboxylic acids is 1. The Morgan fingerprint density at radius 1 is 1.47 bits per heavy atom. The van der Waals surface area contributed by atoms with E-state index in [1.54, 1.807) is 6.92 Å². The fourth-order valence-electron chi connectivity index (χ4n) is 1.20. The fraction of sp³-hybridized carbons (Fsp3) is 0.900. The van der Waals surface area contributed by atoms with Crippen molar-refractivity contribution >= 4 is 5.97 Å². The van der Waals surface area contributed by atoms with Crippen LogP contribution in [-0.4, -0.2) is 60.5 Å². The van der Waals surface area contributed by atoms with Gasteiger partial charge >= 0.3 is 5.97 Å². The highest BCUT2D eigenvalue weighted by Crippen LogP contribution is 1.99. The number of ether oxygens (including phenoxy) is 1. The molecule has 0 saturated carbocycles. The first kappa shape index (κ1) is 14.3. The van der Waals surface area contributed by atoms with E-state index in [0.717, 1.165) is 6.54 Å². The van der Waals surface area contributed by atoms with Crippen LogP contribution in [0.25, 0.3) is 0 Å². The lowest BCUT2D eigenvalue weighted by Crippen LogP contribution is -2.34. The molecule has 0 aliphatic rings. The number of aliphatic hydroxyl groups is 1. The van der Waals surface area contributed by atoms with Crippen LogP contribution in [0.1, 0.15) is 13.8 Å². The predicted octanol–water partition coefficient (Wildman–Crippen LogP) is 0.0379. The first-order valence-corrected chi connectivity index (χ1v) is 5.25. The van der Waals surface area contributed by atoms with Crippen LogP contribution in [0.2, 0.25) is 0 Å². The zero-order valence-electron chi connectivity index (χ0n) is 9.48. The SMILES string of the molecule is CCN(CCOCCO)CC(C)C(=O)O. The van der Waals surface area contributed by atoms with Crippen LogP contribution < -0.4 is 0 Å². The summed E-state index contributed by atoms with van der Waals surface area (Å²) in [6, 6.07) is 0. The highest BCUT2D eigenvalue weighted by molar-refractivity contribution is 5.69. The Labute approximate surface area is 90.6 Å². The summed E-state index contributed by atoms with van der Waals surface area (Å²) >= 11 is 0. The summed E-state index contributed by atoms with van der Waals surface area (Å²) in [5.41, 5.74) is 0. The third-order valence-electron chi connectivity index (χ3n) is 2.19. The van der Waals surface area contributed by atoms with Crippen LogP contribution in [0.3, 0.4) is 0 Å². The summed E-state index contributed by atoms with van der Waals surface area (Å²) in [5.74, 6) is -1.13. The molecule has 5 nitrogen and oxygen atoms in total. The Morgan fingerprint density at radius 2 is 2.13 bits per heavy atom. The molecule has 0 aromatic carbocycles. The predicted molar refractivity (Wildman–Crippen MR) is 56.8 cm³/mol. The van der Waals surface area contributed by atoms with Crippen molar-refractivity contribution in [1.29, 1.82) is 0 Å². The van der Waals surface area contributed by atoms with E-state index in [9.17, 15) is 4.79 Å². The molecule has 0 rings (SSSR count). The largest absolute Gasteiger partial charge is 0.481 e. The highest BCUT2D eigenvalue weighted by atomic mass is 16.5. The van der Waals surface area contributed by atoms with E-state index in [0.29, 0.717) is 26.3 Å². The molecule has 1 unspecified atom stereocenters. The van der Waals surface area contributed by atoms with E-state index < -0.39 is 5.97 Å². The molecule has 2 N–H and O–H groups in total. The van der Waals surface area contributed by atoms with Gasteiger partial charge in [0, 0.05) is 13.1 Å². The van der Waals surface area contributed by atoms with Gasteiger partial charge in [0.25, 0.3) is 0 Å². The van der Waals surface area contributed by atoms with Crippen molar-refractivity contribution in [2.45, 2.75) is 13.8 Å². The van der Waals surface area contributed by atoms with Gasteiger partial charge in [0.15, 0.2) is 0 Å². The van der Waals surface area contributed by atoms with Gasteiger partial charge in [0.05, 0.1) is 25.7 Å². The third kappa shape index (κ3) is 7.30. The second-order valence-corrected chi connectivity index (χ2v) is 3.47. The molecule has 0 aromatic heterocycles. The lowest BCUT2D eigenvalue weighted by atomic mass is 10.2. The summed E-state index contributed by atoms with van der Waals surface area (Å²) in [5, 5.41) is 17.2. The number of aliphatic hydroxyl groups excluding tert-OH is 1. The molecule has 15 heavy (non-hydrogen) atoms. The maximum Gasteiger partial charge on any atom is 0.307 e. The first-order valence-electron chi connectivity index (χ1n) is 5.25. The number of nitrogens with zero attached hydrogens (tertiary/aromatic N) is 1. The zero-order chi connectivity index (χ0) is 11.7. The van der Waals surface area contributed by atoms with Crippen LogP contribution in [0, 0.1) is 5.92 Å². The van der Waals surface area contributed by atoms with Gasteiger partial charge in [0.2, 0.25) is 0 Å². The van der Waals surface area contributed by atoms with Crippen molar-refractivity contribution in [1.82, 2.24) is 4.90 Å². The molecule has 0 aliphatic carbocycles. The Kier molecular flexibility index (Phi) is 8.27. The molecule has 0 radical (unpaired) electrons. The van der Waals surface area contributed by atoms with Gasteiger partial charge in [-0.1, -0.05) is 13.8 Å². The minimum absolute atomic E-state index is 0.0255. The summed E-state index contributed by atoms with van der Waals surface area (Å²) in [4.78, 5) is 12.7. The molecule has 0 spiro atoms. The van der Waals surface area contributed by atoms with Crippen molar-refractivity contribution in [3.05, 3.63) is 0 Å². The third-order valence-corrected chi connectivity index (χ3v) is 2.19. The van der Waals surface area contributed by atoms with Gasteiger partial charge in [0.1, 0.15) is 0 Å². The second-order valence-electron chi connectivity index (χ2n) is 3.47. The first-order chi connectivity index (χ1) is 7.11. The standard InChI is InChI=1S/C10H21NO4/c1-3-11(4-6-15-7-5-12)8-9(2)10(13)14/h9,12H,3-8H2,1-2H3,(H,13,14). The number of carboxylic acid groups (broad SMARTS) is 1. The van der Waals surface area contributed by atoms with Crippen molar-refractivity contribution in [2.24, 2.45) is 5.92 Å². The number of hydrogen-bond acceptors (Lipinski definition) is 4. The number of likely N-dealkylation sites (N-methyl/N-ethyl adjacent to an activating group) is 1. The molecule has 0 amide bonds. The van der Waals surface area contributed by atoms with Gasteiger partial charge in [-0.05, 0) is 6.54 Å². The maximum atomic E-state index is 10.6. The summed E-state index contributed by atoms with van der Waals surface area (Å²) < 4.78 is 5.12. The van der Waals surface area contributed by atoms with E-state index >= 15 is 0 Å². The van der Waals surface area contributed by atoms with E-state index in [1.165, 1.54) is 0 Å². The molecule has 90 valence electrons. The van der Waals surface area contributed by atoms with E-state index in [1.807, 2.05) is 11.8 Å². The topological polar surface area (TPSA) is 70.0 Å². The van der Waals surface area contributed by atoms with Crippen LogP contribution >= 0.6 is 0 Å². The van der Waals surface area contributed by atoms with Gasteiger partial charge < -0.3 is 19.8 Å². The molecule has 1 atom stereocenters. The van der Waals surface area contributed by atoms with Crippen molar-refractivity contribution < 1.29 is 19.7 Å². The fourth-order valence-corrected chi connectivity index (χ4v) is 1.20. The van der Waals surface area contributed by atoms with Crippen LogP contribution in [0.15, 0.2) is 0 Å². The monoisotopic (exact) mass is 219 g/mol. The lowest BCUT2D eigenvalue weighted by Gasteiger charge is -2.22. The molecule has 0 aliphatic heterocycles. The Hall–Kier alpha value is -0.650. The number of aliphatic carboxylic acids is 1. The lowest BCUT2D eigenvalue weighted by molar-refractivity contribution is -0.141. The number of hydrogen-bond donors (Lipinski definition) is 2. The Balaban J connectivity index is 3.67. The second kappa shape index (κ2) is 8.64. The van der Waals surface area contributed by atoms with Crippen LogP contribution in [-0.2, 0) is 9.53 Å². The average molecular weight is 219 g/mol. The van der Waals surface area contributed by atoms with Crippen LogP contribution in [0.4, 0.5) is 0 Å². The molecule has 0 fully saturated rings. The van der Waals surface area contributed by atoms with Gasteiger partial charge in [-0.15, -0.1) is 0 Å². The number of carbonyl (C=O) groups is 1. The highest BCUT2D eigenvalue weighted by Gasteiger charge is 2.14. The van der Waals surface area contributed by atoms with Crippen molar-refractivity contribution in [2.75, 3.05) is 39.5 Å². The van der Waals surface area contributed by atoms with E-state index in [2.05, 4.69) is 0 Å². The zero-order valence-corrected chi connectivity index (χ0v) is 9.48. The van der Waals surface area contributed by atoms with Crippen molar-refractivity contribution in [3.8, 4) is 0 Å². The minimum atomic E-state index is -0.773. The summed E-state index contributed by atoms with van der Waals surface area (Å²) in [7, 11) is 0. The van der Waals surface area contributed by atoms with Crippen LogP contribution in [0.5, 0.6) is 0 Å². The summed E-state index contributed by atoms with van der Waals surface area (Å²) in [6.45, 7) is 6.62. The smallest absolute Gasteiger partial charge is 0.307 e. The van der Waals surface area contributed by atoms with Gasteiger partial charge in [-0.2, -0.15) is 0 Å². The molecule has 0 saturated heterocycles. The molecular weight excluding hydrogens is 198 g/mol. The summed E-state index contributed by atoms with van der Waals surface area (Å²) in [6.07, 6.45) is 0. The minimum Gasteiger partial charge on any atom is -0.481 e. The van der Waals surface area contributed by atoms with Gasteiger partial charge in [-0.3, -0.25) is 4.79 Å². The quantitative estimate of drug-likeness (QED) is 0.536. The molecule has 0 heterocycles. The molecular formula is C10H21NO4. The molecule has 5 heteroatoms. The normalized spacial score (nSPS) is 13.1. The van der Waals surface area contributed by atoms with Gasteiger partial charge in [-0.25, -0.2) is 0 Å². The average Bonchev–Trinajstić information content (AvgIpc) is 2.22. The van der Waals surface area contributed by atoms with E-state index in [-0.39, 0.29) is 12.5 Å². The molecule has 0 bridgehead atoms. The molecule has 0 aromatic rings. The Bertz CT molecular complexity index is 175. The number of rotatable bonds is 9. The van der Waals surface area contributed by atoms with Crippen molar-refractivity contribution in [3.63, 3.8) is 0 Å².